The van der Waals surface area contributed by atoms with E-state index in [1.165, 1.54) is 12.8 Å². The summed E-state index contributed by atoms with van der Waals surface area (Å²) < 4.78 is 0. The van der Waals surface area contributed by atoms with Crippen LogP contribution in [0.25, 0.3) is 0 Å². The zero-order valence-corrected chi connectivity index (χ0v) is 18.8. The zero-order chi connectivity index (χ0) is 20.7. The lowest BCUT2D eigenvalue weighted by Crippen LogP contribution is -2.59. The smallest absolute Gasteiger partial charge is 0.240 e. The van der Waals surface area contributed by atoms with E-state index in [1.54, 1.807) is 0 Å². The Morgan fingerprint density at radius 2 is 0.964 bits per heavy atom. The Balaban J connectivity index is 0.000000161. The van der Waals surface area contributed by atoms with Crippen molar-refractivity contribution >= 4 is 11.8 Å². The first-order chi connectivity index (χ1) is 13.0. The molecule has 4 fully saturated rings. The van der Waals surface area contributed by atoms with Crippen LogP contribution in [0.1, 0.15) is 67.2 Å². The molecular formula is C22H40N4O2. The summed E-state index contributed by atoms with van der Waals surface area (Å²) >= 11 is 0. The van der Waals surface area contributed by atoms with Gasteiger partial charge in [-0.1, -0.05) is 0 Å². The first-order valence-electron chi connectivity index (χ1n) is 11.1. The Morgan fingerprint density at radius 3 is 1.29 bits per heavy atom. The average Bonchev–Trinajstić information content (AvgIpc) is 3.23. The Labute approximate surface area is 171 Å². The molecule has 160 valence electrons. The van der Waals surface area contributed by atoms with Gasteiger partial charge in [-0.15, -0.1) is 0 Å². The van der Waals surface area contributed by atoms with Gasteiger partial charge in [0.1, 0.15) is 0 Å². The van der Waals surface area contributed by atoms with Crippen molar-refractivity contribution in [1.82, 2.24) is 19.6 Å². The number of carbonyl (C=O) groups is 2. The molecule has 0 unspecified atom stereocenters. The molecule has 4 aliphatic rings. The predicted octanol–water partition coefficient (Wildman–Crippen LogP) is 2.18. The number of rotatable bonds is 0. The highest BCUT2D eigenvalue weighted by atomic mass is 16.2. The molecule has 0 saturated carbocycles. The van der Waals surface area contributed by atoms with E-state index in [2.05, 4.69) is 51.3 Å². The minimum atomic E-state index is -0.00817. The molecule has 0 aromatic rings. The minimum absolute atomic E-state index is 0.00817. The zero-order valence-electron chi connectivity index (χ0n) is 18.8. The molecule has 2 amide bonds. The molecule has 0 aromatic heterocycles. The quantitative estimate of drug-likeness (QED) is 0.634. The number of carbonyl (C=O) groups excluding carboxylic acids is 2. The van der Waals surface area contributed by atoms with Crippen molar-refractivity contribution in [2.45, 2.75) is 90.4 Å². The Kier molecular flexibility index (Phi) is 6.12. The third-order valence-electron chi connectivity index (χ3n) is 6.67. The topological polar surface area (TPSA) is 47.1 Å². The molecule has 4 rings (SSSR count). The maximum atomic E-state index is 12.1. The highest BCUT2D eigenvalue weighted by Gasteiger charge is 2.42. The number of piperazine rings is 2. The monoisotopic (exact) mass is 392 g/mol. The number of hydrogen-bond donors (Lipinski definition) is 0. The lowest BCUT2D eigenvalue weighted by molar-refractivity contribution is -0.146. The normalized spacial score (nSPS) is 29.5. The third kappa shape index (κ3) is 4.38. The van der Waals surface area contributed by atoms with E-state index in [0.717, 1.165) is 52.1 Å². The molecule has 2 atom stereocenters. The van der Waals surface area contributed by atoms with Crippen LogP contribution in [0, 0.1) is 0 Å². The standard InChI is InChI=1S/2C11H20N2O/c2*1-11(2,3)13-8-7-12-6-4-5-9(12)10(13)14/h2*9H,4-8H2,1-3H3/t2*9-/m10/s1. The summed E-state index contributed by atoms with van der Waals surface area (Å²) in [6.45, 7) is 18.9. The molecule has 0 N–H and O–H groups in total. The first-order valence-corrected chi connectivity index (χ1v) is 11.1. The van der Waals surface area contributed by atoms with Gasteiger partial charge < -0.3 is 9.80 Å². The largest absolute Gasteiger partial charge is 0.335 e. The third-order valence-corrected chi connectivity index (χ3v) is 6.67. The molecule has 0 bridgehead atoms. The van der Waals surface area contributed by atoms with E-state index < -0.39 is 0 Å². The van der Waals surface area contributed by atoms with Gasteiger partial charge in [0.15, 0.2) is 0 Å². The van der Waals surface area contributed by atoms with Crippen LogP contribution in [0.3, 0.4) is 0 Å². The number of nitrogens with zero attached hydrogens (tertiary/aromatic N) is 4. The van der Waals surface area contributed by atoms with Crippen molar-refractivity contribution in [3.05, 3.63) is 0 Å². The molecule has 4 saturated heterocycles. The highest BCUT2D eigenvalue weighted by Crippen LogP contribution is 2.28. The minimum Gasteiger partial charge on any atom is -0.335 e. The summed E-state index contributed by atoms with van der Waals surface area (Å²) in [5, 5.41) is 0. The van der Waals surface area contributed by atoms with Crippen LogP contribution in [-0.4, -0.2) is 93.8 Å². The predicted molar refractivity (Wildman–Crippen MR) is 112 cm³/mol. The second kappa shape index (κ2) is 7.94. The summed E-state index contributed by atoms with van der Waals surface area (Å²) in [5.41, 5.74) is -0.0163. The molecule has 0 aromatic carbocycles. The van der Waals surface area contributed by atoms with Crippen LogP contribution in [0.5, 0.6) is 0 Å². The van der Waals surface area contributed by atoms with Gasteiger partial charge in [-0.05, 0) is 80.3 Å². The van der Waals surface area contributed by atoms with Gasteiger partial charge in [0.2, 0.25) is 11.8 Å². The molecule has 0 spiro atoms. The SMILES string of the molecule is CC(C)(C)N1CCN2CCC[C@@H]2C1=O.CC(C)(C)N1CCN2CCC[C@H]2C1=O. The molecule has 28 heavy (non-hydrogen) atoms. The fourth-order valence-corrected chi connectivity index (χ4v) is 5.12. The number of amides is 2. The Bertz CT molecular complexity index is 540. The first kappa shape index (κ1) is 21.6. The lowest BCUT2D eigenvalue weighted by atomic mass is 10.0. The van der Waals surface area contributed by atoms with Crippen LogP contribution in [0.2, 0.25) is 0 Å². The summed E-state index contributed by atoms with van der Waals surface area (Å²) in [4.78, 5) is 33.0. The van der Waals surface area contributed by atoms with Gasteiger partial charge in [-0.25, -0.2) is 0 Å². The molecule has 4 heterocycles. The molecule has 4 aliphatic heterocycles. The average molecular weight is 393 g/mol. The van der Waals surface area contributed by atoms with Gasteiger partial charge in [0, 0.05) is 37.3 Å². The Morgan fingerprint density at radius 1 is 0.607 bits per heavy atom. The van der Waals surface area contributed by atoms with E-state index >= 15 is 0 Å². The van der Waals surface area contributed by atoms with Gasteiger partial charge in [-0.3, -0.25) is 19.4 Å². The summed E-state index contributed by atoms with van der Waals surface area (Å²) in [7, 11) is 0. The summed E-state index contributed by atoms with van der Waals surface area (Å²) in [6, 6.07) is 0.394. The van der Waals surface area contributed by atoms with Gasteiger partial charge >= 0.3 is 0 Å². The second-order valence-corrected chi connectivity index (χ2v) is 10.7. The van der Waals surface area contributed by atoms with Gasteiger partial charge in [-0.2, -0.15) is 0 Å². The maximum Gasteiger partial charge on any atom is 0.240 e. The molecule has 6 heteroatoms. The number of fused-ring (bicyclic) bond motifs is 2. The van der Waals surface area contributed by atoms with Crippen molar-refractivity contribution < 1.29 is 9.59 Å². The molecule has 6 nitrogen and oxygen atoms in total. The van der Waals surface area contributed by atoms with Crippen molar-refractivity contribution in [3.8, 4) is 0 Å². The molecule has 0 radical (unpaired) electrons. The highest BCUT2D eigenvalue weighted by molar-refractivity contribution is 5.84. The van der Waals surface area contributed by atoms with Gasteiger partial charge in [0.05, 0.1) is 12.1 Å². The van der Waals surface area contributed by atoms with Crippen molar-refractivity contribution in [2.75, 3.05) is 39.3 Å². The van der Waals surface area contributed by atoms with E-state index in [-0.39, 0.29) is 23.2 Å². The molecular weight excluding hydrogens is 352 g/mol. The lowest BCUT2D eigenvalue weighted by Gasteiger charge is -2.44. The van der Waals surface area contributed by atoms with E-state index in [1.807, 2.05) is 9.80 Å². The van der Waals surface area contributed by atoms with Crippen molar-refractivity contribution in [3.63, 3.8) is 0 Å². The molecule has 0 aliphatic carbocycles. The summed E-state index contributed by atoms with van der Waals surface area (Å²) in [6.07, 6.45) is 4.50. The fourth-order valence-electron chi connectivity index (χ4n) is 5.12. The van der Waals surface area contributed by atoms with Crippen LogP contribution in [0.15, 0.2) is 0 Å². The fraction of sp³-hybridized carbons (Fsp3) is 0.909. The van der Waals surface area contributed by atoms with Crippen molar-refractivity contribution in [2.24, 2.45) is 0 Å². The van der Waals surface area contributed by atoms with Crippen LogP contribution in [0.4, 0.5) is 0 Å². The van der Waals surface area contributed by atoms with Crippen molar-refractivity contribution in [1.29, 1.82) is 0 Å². The summed E-state index contributed by atoms with van der Waals surface area (Å²) in [5.74, 6) is 0.697. The van der Waals surface area contributed by atoms with Crippen LogP contribution in [-0.2, 0) is 9.59 Å². The second-order valence-electron chi connectivity index (χ2n) is 10.7. The Hall–Kier alpha value is -1.14. The maximum absolute atomic E-state index is 12.1. The van der Waals surface area contributed by atoms with E-state index in [0.29, 0.717) is 11.8 Å². The van der Waals surface area contributed by atoms with Crippen LogP contribution >= 0.6 is 0 Å². The van der Waals surface area contributed by atoms with Crippen LogP contribution < -0.4 is 0 Å². The van der Waals surface area contributed by atoms with E-state index in [9.17, 15) is 9.59 Å². The van der Waals surface area contributed by atoms with E-state index in [4.69, 9.17) is 0 Å². The van der Waals surface area contributed by atoms with Gasteiger partial charge in [0.25, 0.3) is 0 Å². The number of hydrogen-bond acceptors (Lipinski definition) is 4.